The minimum atomic E-state index is 0.0262. The van der Waals surface area contributed by atoms with Crippen molar-refractivity contribution in [3.63, 3.8) is 0 Å². The van der Waals surface area contributed by atoms with Crippen molar-refractivity contribution in [2.24, 2.45) is 11.3 Å². The van der Waals surface area contributed by atoms with Crippen molar-refractivity contribution in [1.29, 1.82) is 5.26 Å². The van der Waals surface area contributed by atoms with Crippen molar-refractivity contribution in [3.05, 3.63) is 0 Å². The van der Waals surface area contributed by atoms with E-state index < -0.39 is 0 Å². The summed E-state index contributed by atoms with van der Waals surface area (Å²) in [5, 5.41) is 9.32. The van der Waals surface area contributed by atoms with Crippen LogP contribution in [0.3, 0.4) is 0 Å². The SMILES string of the molecule is N#CC1(CC2CC2)CCC2(CC1)CO2. The minimum absolute atomic E-state index is 0.0262. The Morgan fingerprint density at radius 1 is 1.21 bits per heavy atom. The van der Waals surface area contributed by atoms with E-state index in [1.165, 1.54) is 19.3 Å². The monoisotopic (exact) mass is 191 g/mol. The summed E-state index contributed by atoms with van der Waals surface area (Å²) in [4.78, 5) is 0. The summed E-state index contributed by atoms with van der Waals surface area (Å²) >= 11 is 0. The molecule has 0 unspecified atom stereocenters. The average molecular weight is 191 g/mol. The molecule has 0 atom stereocenters. The summed E-state index contributed by atoms with van der Waals surface area (Å²) in [6.45, 7) is 0.956. The first-order valence-electron chi connectivity index (χ1n) is 5.81. The standard InChI is InChI=1S/C12H17NO/c13-8-11(7-10-1-2-10)3-5-12(6-4-11)9-14-12/h10H,1-7,9H2. The topological polar surface area (TPSA) is 36.3 Å². The predicted octanol–water partition coefficient (Wildman–Crippen LogP) is 2.64. The molecule has 0 amide bonds. The molecule has 0 bridgehead atoms. The zero-order valence-electron chi connectivity index (χ0n) is 8.59. The van der Waals surface area contributed by atoms with Crippen LogP contribution in [0.15, 0.2) is 0 Å². The maximum absolute atomic E-state index is 9.32. The average Bonchev–Trinajstić information content (AvgIpc) is 3.08. The maximum atomic E-state index is 9.32. The fourth-order valence-corrected chi connectivity index (χ4v) is 2.81. The molecule has 2 aliphatic carbocycles. The third-order valence-electron chi connectivity index (χ3n) is 4.28. The van der Waals surface area contributed by atoms with E-state index in [1.54, 1.807) is 0 Å². The largest absolute Gasteiger partial charge is 0.370 e. The molecule has 1 aliphatic heterocycles. The summed E-state index contributed by atoms with van der Waals surface area (Å²) < 4.78 is 5.49. The smallest absolute Gasteiger partial charge is 0.0917 e. The molecule has 1 saturated heterocycles. The van der Waals surface area contributed by atoms with E-state index >= 15 is 0 Å². The number of ether oxygens (including phenoxy) is 1. The summed E-state index contributed by atoms with van der Waals surface area (Å²) in [7, 11) is 0. The lowest BCUT2D eigenvalue weighted by Crippen LogP contribution is -2.30. The molecule has 1 heterocycles. The van der Waals surface area contributed by atoms with Gasteiger partial charge in [-0.05, 0) is 38.0 Å². The van der Waals surface area contributed by atoms with Crippen molar-refractivity contribution < 1.29 is 4.74 Å². The lowest BCUT2D eigenvalue weighted by molar-refractivity contribution is 0.148. The van der Waals surface area contributed by atoms with Crippen molar-refractivity contribution in [2.45, 2.75) is 50.5 Å². The second-order valence-corrected chi connectivity index (χ2v) is 5.51. The Bertz CT molecular complexity index is 273. The fraction of sp³-hybridized carbons (Fsp3) is 0.917. The molecule has 2 saturated carbocycles. The van der Waals surface area contributed by atoms with Gasteiger partial charge < -0.3 is 4.74 Å². The van der Waals surface area contributed by atoms with Gasteiger partial charge in [-0.2, -0.15) is 5.26 Å². The van der Waals surface area contributed by atoms with Gasteiger partial charge in [0.2, 0.25) is 0 Å². The molecule has 2 nitrogen and oxygen atoms in total. The van der Waals surface area contributed by atoms with Crippen molar-refractivity contribution in [1.82, 2.24) is 0 Å². The van der Waals surface area contributed by atoms with Crippen LogP contribution in [0.1, 0.15) is 44.9 Å². The van der Waals surface area contributed by atoms with Crippen molar-refractivity contribution in [2.75, 3.05) is 6.61 Å². The summed E-state index contributed by atoms with van der Waals surface area (Å²) in [6, 6.07) is 2.60. The van der Waals surface area contributed by atoms with Crippen LogP contribution < -0.4 is 0 Å². The molecular weight excluding hydrogens is 174 g/mol. The molecule has 0 aromatic heterocycles. The van der Waals surface area contributed by atoms with Gasteiger partial charge in [-0.1, -0.05) is 12.8 Å². The summed E-state index contributed by atoms with van der Waals surface area (Å²) in [5.74, 6) is 0.879. The molecule has 3 rings (SSSR count). The van der Waals surface area contributed by atoms with Gasteiger partial charge in [-0.3, -0.25) is 0 Å². The van der Waals surface area contributed by atoms with Gasteiger partial charge in [0.15, 0.2) is 0 Å². The Morgan fingerprint density at radius 3 is 2.29 bits per heavy atom. The molecule has 14 heavy (non-hydrogen) atoms. The molecule has 3 fully saturated rings. The highest BCUT2D eigenvalue weighted by atomic mass is 16.6. The van der Waals surface area contributed by atoms with Gasteiger partial charge in [0.1, 0.15) is 0 Å². The fourth-order valence-electron chi connectivity index (χ4n) is 2.81. The van der Waals surface area contributed by atoms with Gasteiger partial charge >= 0.3 is 0 Å². The number of hydrogen-bond donors (Lipinski definition) is 0. The van der Waals surface area contributed by atoms with E-state index in [-0.39, 0.29) is 11.0 Å². The molecule has 2 heteroatoms. The van der Waals surface area contributed by atoms with E-state index in [0.717, 1.165) is 38.2 Å². The van der Waals surface area contributed by atoms with Gasteiger partial charge in [-0.25, -0.2) is 0 Å². The lowest BCUT2D eigenvalue weighted by atomic mass is 9.68. The zero-order chi connectivity index (χ0) is 9.65. The minimum Gasteiger partial charge on any atom is -0.370 e. The molecule has 76 valence electrons. The van der Waals surface area contributed by atoms with Crippen LogP contribution in [0.25, 0.3) is 0 Å². The zero-order valence-corrected chi connectivity index (χ0v) is 8.59. The first kappa shape index (κ1) is 8.73. The molecule has 0 aromatic carbocycles. The van der Waals surface area contributed by atoms with E-state index in [9.17, 15) is 5.26 Å². The van der Waals surface area contributed by atoms with Gasteiger partial charge in [-0.15, -0.1) is 0 Å². The first-order chi connectivity index (χ1) is 6.76. The highest BCUT2D eigenvalue weighted by molar-refractivity contribution is 5.09. The molecule has 1 spiro atoms. The van der Waals surface area contributed by atoms with E-state index in [2.05, 4.69) is 6.07 Å². The number of nitriles is 1. The molecule has 0 radical (unpaired) electrons. The Labute approximate surface area is 85.2 Å². The Balaban J connectivity index is 1.66. The Hall–Kier alpha value is -0.550. The second kappa shape index (κ2) is 2.73. The van der Waals surface area contributed by atoms with E-state index in [1.807, 2.05) is 0 Å². The molecule has 3 aliphatic rings. The van der Waals surface area contributed by atoms with Crippen LogP contribution in [0.5, 0.6) is 0 Å². The summed E-state index contributed by atoms with van der Waals surface area (Å²) in [5.41, 5.74) is 0.266. The third-order valence-corrected chi connectivity index (χ3v) is 4.28. The molecule has 0 N–H and O–H groups in total. The Morgan fingerprint density at radius 2 is 1.86 bits per heavy atom. The van der Waals surface area contributed by atoms with Crippen LogP contribution in [0, 0.1) is 22.7 Å². The number of epoxide rings is 1. The van der Waals surface area contributed by atoms with E-state index in [0.29, 0.717) is 0 Å². The second-order valence-electron chi connectivity index (χ2n) is 5.51. The number of nitrogens with zero attached hydrogens (tertiary/aromatic N) is 1. The van der Waals surface area contributed by atoms with Crippen LogP contribution in [-0.2, 0) is 4.74 Å². The van der Waals surface area contributed by atoms with Gasteiger partial charge in [0.25, 0.3) is 0 Å². The van der Waals surface area contributed by atoms with Crippen LogP contribution in [-0.4, -0.2) is 12.2 Å². The normalized spacial score (nSPS) is 46.2. The lowest BCUT2D eigenvalue weighted by Gasteiger charge is -2.33. The van der Waals surface area contributed by atoms with Crippen molar-refractivity contribution >= 4 is 0 Å². The maximum Gasteiger partial charge on any atom is 0.0917 e. The molecular formula is C12H17NO. The highest BCUT2D eigenvalue weighted by Crippen LogP contribution is 2.53. The summed E-state index contributed by atoms with van der Waals surface area (Å²) in [6.07, 6.45) is 8.33. The first-order valence-corrected chi connectivity index (χ1v) is 5.81. The molecule has 0 aromatic rings. The number of rotatable bonds is 2. The van der Waals surface area contributed by atoms with Crippen LogP contribution in [0.4, 0.5) is 0 Å². The van der Waals surface area contributed by atoms with E-state index in [4.69, 9.17) is 4.74 Å². The third kappa shape index (κ3) is 1.44. The Kier molecular flexibility index (Phi) is 1.70. The van der Waals surface area contributed by atoms with Crippen LogP contribution in [0.2, 0.25) is 0 Å². The predicted molar refractivity (Wildman–Crippen MR) is 52.5 cm³/mol. The van der Waals surface area contributed by atoms with Crippen molar-refractivity contribution in [3.8, 4) is 6.07 Å². The highest BCUT2D eigenvalue weighted by Gasteiger charge is 2.52. The quantitative estimate of drug-likeness (QED) is 0.629. The van der Waals surface area contributed by atoms with Gasteiger partial charge in [0.05, 0.1) is 23.7 Å². The number of hydrogen-bond acceptors (Lipinski definition) is 2. The van der Waals surface area contributed by atoms with Gasteiger partial charge in [0, 0.05) is 0 Å². The van der Waals surface area contributed by atoms with Crippen LogP contribution >= 0.6 is 0 Å².